The predicted molar refractivity (Wildman–Crippen MR) is 73.3 cm³/mol. The van der Waals surface area contributed by atoms with Crippen molar-refractivity contribution in [3.8, 4) is 11.5 Å². The van der Waals surface area contributed by atoms with Gasteiger partial charge < -0.3 is 14.8 Å². The summed E-state index contributed by atoms with van der Waals surface area (Å²) in [4.78, 5) is 22.2. The quantitative estimate of drug-likeness (QED) is 0.829. The van der Waals surface area contributed by atoms with Crippen molar-refractivity contribution in [1.82, 2.24) is 15.5 Å². The molecule has 2 rings (SSSR count). The number of rotatable bonds is 6. The summed E-state index contributed by atoms with van der Waals surface area (Å²) in [5.41, 5.74) is 0.806. The van der Waals surface area contributed by atoms with E-state index in [9.17, 15) is 9.59 Å². The second-order valence-electron chi connectivity index (χ2n) is 4.49. The van der Waals surface area contributed by atoms with Gasteiger partial charge >= 0.3 is 5.97 Å². The number of aromatic nitrogens is 2. The molecule has 0 saturated heterocycles. The molecule has 7 nitrogen and oxygen atoms in total. The molecule has 0 bridgehead atoms. The zero-order chi connectivity index (χ0) is 15.2. The van der Waals surface area contributed by atoms with Gasteiger partial charge in [0.05, 0.1) is 0 Å². The number of carbonyl (C=O) groups excluding carboxylic acids is 1. The van der Waals surface area contributed by atoms with Crippen LogP contribution in [0, 0.1) is 0 Å². The molecular formula is C14H15N3O4. The molecular weight excluding hydrogens is 274 g/mol. The maximum Gasteiger partial charge on any atom is 0.325 e. The molecule has 7 heteroatoms. The minimum Gasteiger partial charge on any atom is -0.480 e. The Morgan fingerprint density at radius 2 is 2.00 bits per heavy atom. The normalized spacial score (nSPS) is 11.9. The highest BCUT2D eigenvalue weighted by molar-refractivity contribution is 5.83. The average Bonchev–Trinajstić information content (AvgIpc) is 2.95. The van der Waals surface area contributed by atoms with E-state index in [0.29, 0.717) is 11.8 Å². The molecule has 1 aromatic carbocycles. The smallest absolute Gasteiger partial charge is 0.325 e. The molecule has 2 N–H and O–H groups in total. The number of carboxylic acids is 1. The number of aryl methyl sites for hydroxylation is 1. The van der Waals surface area contributed by atoms with Crippen LogP contribution in [-0.2, 0) is 16.0 Å². The van der Waals surface area contributed by atoms with Gasteiger partial charge in [-0.1, -0.05) is 18.2 Å². The molecule has 1 aromatic heterocycles. The number of carbonyl (C=O) groups is 2. The average molecular weight is 289 g/mol. The third kappa shape index (κ3) is 4.13. The van der Waals surface area contributed by atoms with Gasteiger partial charge in [-0.15, -0.1) is 10.2 Å². The first-order valence-corrected chi connectivity index (χ1v) is 6.46. The third-order valence-corrected chi connectivity index (χ3v) is 2.80. The van der Waals surface area contributed by atoms with Crippen LogP contribution in [0.1, 0.15) is 19.2 Å². The predicted octanol–water partition coefficient (Wildman–Crippen LogP) is 1.26. The lowest BCUT2D eigenvalue weighted by Gasteiger charge is -2.07. The van der Waals surface area contributed by atoms with Crippen molar-refractivity contribution in [3.05, 3.63) is 36.2 Å². The van der Waals surface area contributed by atoms with Gasteiger partial charge in [-0.3, -0.25) is 9.59 Å². The fourth-order valence-electron chi connectivity index (χ4n) is 1.65. The lowest BCUT2D eigenvalue weighted by atomic mass is 10.2. The van der Waals surface area contributed by atoms with E-state index in [-0.39, 0.29) is 18.7 Å². The van der Waals surface area contributed by atoms with Crippen molar-refractivity contribution < 1.29 is 19.1 Å². The molecule has 1 unspecified atom stereocenters. The summed E-state index contributed by atoms with van der Waals surface area (Å²) in [7, 11) is 0. The first kappa shape index (κ1) is 14.7. The van der Waals surface area contributed by atoms with Gasteiger partial charge in [-0.2, -0.15) is 0 Å². The van der Waals surface area contributed by atoms with E-state index in [1.165, 1.54) is 6.92 Å². The van der Waals surface area contributed by atoms with Gasteiger partial charge in [0.25, 0.3) is 0 Å². The highest BCUT2D eigenvalue weighted by atomic mass is 16.4. The summed E-state index contributed by atoms with van der Waals surface area (Å²) in [5.74, 6) is -0.714. The Labute approximate surface area is 121 Å². The second-order valence-corrected chi connectivity index (χ2v) is 4.49. The maximum absolute atomic E-state index is 11.5. The van der Waals surface area contributed by atoms with Gasteiger partial charge in [-0.25, -0.2) is 0 Å². The molecule has 2 aromatic rings. The summed E-state index contributed by atoms with van der Waals surface area (Å²) in [6, 6.07) is 8.38. The number of carboxylic acid groups (broad SMARTS) is 1. The SMILES string of the molecule is CC(NC(=O)CCc1nnc(-c2ccccc2)o1)C(=O)O. The number of nitrogens with zero attached hydrogens (tertiary/aromatic N) is 2. The lowest BCUT2D eigenvalue weighted by Crippen LogP contribution is -2.38. The molecule has 0 fully saturated rings. The Morgan fingerprint density at radius 3 is 2.67 bits per heavy atom. The number of amides is 1. The van der Waals surface area contributed by atoms with Crippen LogP contribution in [0.2, 0.25) is 0 Å². The van der Waals surface area contributed by atoms with E-state index < -0.39 is 12.0 Å². The fourth-order valence-corrected chi connectivity index (χ4v) is 1.65. The standard InChI is InChI=1S/C14H15N3O4/c1-9(14(19)20)15-11(18)7-8-12-16-17-13(21-12)10-5-3-2-4-6-10/h2-6,9H,7-8H2,1H3,(H,15,18)(H,19,20). The van der Waals surface area contributed by atoms with Crippen molar-refractivity contribution in [3.63, 3.8) is 0 Å². The molecule has 0 aliphatic rings. The molecule has 0 spiro atoms. The minimum atomic E-state index is -1.08. The van der Waals surface area contributed by atoms with Crippen molar-refractivity contribution in [2.45, 2.75) is 25.8 Å². The van der Waals surface area contributed by atoms with Crippen molar-refractivity contribution >= 4 is 11.9 Å². The largest absolute Gasteiger partial charge is 0.480 e. The second kappa shape index (κ2) is 6.65. The van der Waals surface area contributed by atoms with Gasteiger partial charge in [0.15, 0.2) is 0 Å². The Balaban J connectivity index is 1.89. The number of hydrogen-bond acceptors (Lipinski definition) is 5. The van der Waals surface area contributed by atoms with E-state index >= 15 is 0 Å². The van der Waals surface area contributed by atoms with E-state index in [2.05, 4.69) is 15.5 Å². The summed E-state index contributed by atoms with van der Waals surface area (Å²) in [6.07, 6.45) is 0.353. The van der Waals surface area contributed by atoms with Gasteiger partial charge in [0.1, 0.15) is 6.04 Å². The Morgan fingerprint density at radius 1 is 1.29 bits per heavy atom. The molecule has 21 heavy (non-hydrogen) atoms. The minimum absolute atomic E-state index is 0.0913. The topological polar surface area (TPSA) is 105 Å². The molecule has 0 aliphatic heterocycles. The van der Waals surface area contributed by atoms with Crippen molar-refractivity contribution in [2.75, 3.05) is 0 Å². The molecule has 1 atom stereocenters. The van der Waals surface area contributed by atoms with Gasteiger partial charge in [0, 0.05) is 18.4 Å². The van der Waals surface area contributed by atoms with Crippen molar-refractivity contribution in [1.29, 1.82) is 0 Å². The summed E-state index contributed by atoms with van der Waals surface area (Å²) < 4.78 is 5.45. The lowest BCUT2D eigenvalue weighted by molar-refractivity contribution is -0.141. The number of aliphatic carboxylic acids is 1. The number of hydrogen-bond donors (Lipinski definition) is 2. The van der Waals surface area contributed by atoms with Crippen LogP contribution in [0.15, 0.2) is 34.7 Å². The van der Waals surface area contributed by atoms with Gasteiger partial charge in [-0.05, 0) is 19.1 Å². The van der Waals surface area contributed by atoms with E-state index in [4.69, 9.17) is 9.52 Å². The van der Waals surface area contributed by atoms with E-state index in [1.54, 1.807) is 0 Å². The molecule has 110 valence electrons. The van der Waals surface area contributed by atoms with Crippen LogP contribution >= 0.6 is 0 Å². The highest BCUT2D eigenvalue weighted by Crippen LogP contribution is 2.17. The Kier molecular flexibility index (Phi) is 4.65. The highest BCUT2D eigenvalue weighted by Gasteiger charge is 2.15. The first-order chi connectivity index (χ1) is 10.1. The van der Waals surface area contributed by atoms with E-state index in [0.717, 1.165) is 5.56 Å². The first-order valence-electron chi connectivity index (χ1n) is 6.46. The molecule has 0 radical (unpaired) electrons. The Hall–Kier alpha value is -2.70. The maximum atomic E-state index is 11.5. The molecule has 1 amide bonds. The monoisotopic (exact) mass is 289 g/mol. The van der Waals surface area contributed by atoms with Crippen molar-refractivity contribution in [2.24, 2.45) is 0 Å². The van der Waals surface area contributed by atoms with E-state index in [1.807, 2.05) is 30.3 Å². The summed E-state index contributed by atoms with van der Waals surface area (Å²) in [6.45, 7) is 1.40. The van der Waals surface area contributed by atoms with Crippen LogP contribution in [0.25, 0.3) is 11.5 Å². The Bertz CT molecular complexity index is 624. The van der Waals surface area contributed by atoms with Crippen LogP contribution in [-0.4, -0.2) is 33.2 Å². The fraction of sp³-hybridized carbons (Fsp3) is 0.286. The zero-order valence-corrected chi connectivity index (χ0v) is 11.4. The molecule has 0 saturated carbocycles. The number of benzene rings is 1. The molecule has 0 aliphatic carbocycles. The van der Waals surface area contributed by atoms with Gasteiger partial charge in [0.2, 0.25) is 17.7 Å². The zero-order valence-electron chi connectivity index (χ0n) is 11.4. The van der Waals surface area contributed by atoms with Crippen LogP contribution in [0.5, 0.6) is 0 Å². The van der Waals surface area contributed by atoms with Crippen LogP contribution in [0.4, 0.5) is 0 Å². The number of nitrogens with one attached hydrogen (secondary N) is 1. The van der Waals surface area contributed by atoms with Crippen LogP contribution < -0.4 is 5.32 Å². The summed E-state index contributed by atoms with van der Waals surface area (Å²) >= 11 is 0. The summed E-state index contributed by atoms with van der Waals surface area (Å²) in [5, 5.41) is 18.8. The molecule has 1 heterocycles. The van der Waals surface area contributed by atoms with Crippen LogP contribution in [0.3, 0.4) is 0 Å². The third-order valence-electron chi connectivity index (χ3n) is 2.80.